The molecule has 0 bridgehead atoms. The number of unbranched alkanes of at least 4 members (excludes halogenated alkanes) is 1. The molecule has 1 rings (SSSR count). The largest absolute Gasteiger partial charge is 0.313 e. The Morgan fingerprint density at radius 1 is 1.56 bits per heavy atom. The van der Waals surface area contributed by atoms with Crippen LogP contribution < -0.4 is 5.32 Å². The number of nitrogens with one attached hydrogen (secondary N) is 1. The number of hydrogen-bond donors (Lipinski definition) is 1. The molecule has 0 aliphatic rings. The maximum absolute atomic E-state index is 13.0. The van der Waals surface area contributed by atoms with E-state index in [0.29, 0.717) is 0 Å². The molecule has 0 fully saturated rings. The summed E-state index contributed by atoms with van der Waals surface area (Å²) in [5, 5.41) is 3.39. The van der Waals surface area contributed by atoms with E-state index in [1.807, 2.05) is 13.1 Å². The Morgan fingerprint density at radius 2 is 2.31 bits per heavy atom. The molecule has 0 saturated carbocycles. The molecule has 0 spiro atoms. The molecule has 3 heteroatoms. The van der Waals surface area contributed by atoms with Crippen LogP contribution in [0.3, 0.4) is 0 Å². The molecule has 1 nitrogen and oxygen atoms in total. The van der Waals surface area contributed by atoms with Gasteiger partial charge in [-0.2, -0.15) is 0 Å². The second-order valence-electron chi connectivity index (χ2n) is 3.73. The second-order valence-corrected chi connectivity index (χ2v) is 4.14. The Kier molecular flexibility index (Phi) is 5.50. The lowest BCUT2D eigenvalue weighted by atomic mass is 10.0. The van der Waals surface area contributed by atoms with Crippen molar-refractivity contribution in [2.45, 2.75) is 25.3 Å². The van der Waals surface area contributed by atoms with E-state index in [1.54, 1.807) is 12.1 Å². The molecule has 0 heterocycles. The van der Waals surface area contributed by atoms with E-state index >= 15 is 0 Å². The first-order valence-electron chi connectivity index (χ1n) is 5.42. The van der Waals surface area contributed by atoms with Gasteiger partial charge in [-0.3, -0.25) is 0 Å². The normalized spacial score (nSPS) is 12.4. The van der Waals surface area contributed by atoms with Crippen LogP contribution in [0.25, 0.3) is 0 Å². The maximum Gasteiger partial charge on any atom is 0.141 e. The quantitative estimate of drug-likeness (QED) is 0.584. The van der Waals surface area contributed by atoms with Crippen LogP contribution >= 0.6 is 11.6 Å². The fourth-order valence-electron chi connectivity index (χ4n) is 1.67. The highest BCUT2D eigenvalue weighted by Crippen LogP contribution is 2.24. The molecule has 1 N–H and O–H groups in total. The summed E-state index contributed by atoms with van der Waals surface area (Å²) in [6, 6.07) is 5.09. The highest BCUT2D eigenvalue weighted by atomic mass is 35.5. The molecule has 1 aromatic carbocycles. The van der Waals surface area contributed by atoms with Gasteiger partial charge >= 0.3 is 0 Å². The van der Waals surface area contributed by atoms with E-state index in [0.717, 1.165) is 24.8 Å². The predicted molar refractivity (Wildman–Crippen MR) is 67.3 cm³/mol. The van der Waals surface area contributed by atoms with Gasteiger partial charge in [0.2, 0.25) is 0 Å². The van der Waals surface area contributed by atoms with Gasteiger partial charge in [-0.15, -0.1) is 6.58 Å². The van der Waals surface area contributed by atoms with Crippen molar-refractivity contribution in [2.24, 2.45) is 0 Å². The van der Waals surface area contributed by atoms with Crippen molar-refractivity contribution in [3.8, 4) is 0 Å². The van der Waals surface area contributed by atoms with Crippen molar-refractivity contribution in [1.82, 2.24) is 5.32 Å². The molecular weight excluding hydrogens is 225 g/mol. The van der Waals surface area contributed by atoms with Gasteiger partial charge in [-0.25, -0.2) is 4.39 Å². The molecule has 0 aliphatic carbocycles. The minimum Gasteiger partial charge on any atom is -0.313 e. The van der Waals surface area contributed by atoms with E-state index in [4.69, 9.17) is 11.6 Å². The third-order valence-electron chi connectivity index (χ3n) is 2.60. The van der Waals surface area contributed by atoms with Crippen molar-refractivity contribution in [3.05, 3.63) is 47.3 Å². The molecule has 88 valence electrons. The summed E-state index contributed by atoms with van der Waals surface area (Å²) in [6.07, 6.45) is 4.95. The van der Waals surface area contributed by atoms with Gasteiger partial charge in [0.05, 0.1) is 5.02 Å². The molecule has 0 aliphatic heterocycles. The zero-order valence-electron chi connectivity index (χ0n) is 9.47. The lowest BCUT2D eigenvalue weighted by molar-refractivity contribution is 0.528. The second kappa shape index (κ2) is 6.66. The molecule has 0 amide bonds. The van der Waals surface area contributed by atoms with Crippen molar-refractivity contribution >= 4 is 11.6 Å². The molecule has 0 radical (unpaired) electrons. The Labute approximate surface area is 101 Å². The number of allylic oxidation sites excluding steroid dienone is 1. The van der Waals surface area contributed by atoms with Gasteiger partial charge in [0.1, 0.15) is 5.82 Å². The van der Waals surface area contributed by atoms with Crippen LogP contribution in [-0.4, -0.2) is 7.05 Å². The molecular formula is C13H17ClFN. The van der Waals surface area contributed by atoms with Crippen LogP contribution in [0.1, 0.15) is 30.9 Å². The predicted octanol–water partition coefficient (Wildman–Crippen LogP) is 4.10. The lowest BCUT2D eigenvalue weighted by Gasteiger charge is -2.16. The summed E-state index contributed by atoms with van der Waals surface area (Å²) in [5.74, 6) is -0.369. The van der Waals surface area contributed by atoms with E-state index in [9.17, 15) is 4.39 Å². The summed E-state index contributed by atoms with van der Waals surface area (Å²) in [6.45, 7) is 3.69. The molecule has 1 aromatic rings. The van der Waals surface area contributed by atoms with E-state index in [2.05, 4.69) is 11.9 Å². The smallest absolute Gasteiger partial charge is 0.141 e. The SMILES string of the molecule is C=CCCCC(NC)c1ccc(F)c(Cl)c1. The summed E-state index contributed by atoms with van der Waals surface area (Å²) in [4.78, 5) is 0. The fourth-order valence-corrected chi connectivity index (χ4v) is 1.86. The van der Waals surface area contributed by atoms with E-state index in [1.165, 1.54) is 6.07 Å². The third-order valence-corrected chi connectivity index (χ3v) is 2.89. The number of hydrogen-bond acceptors (Lipinski definition) is 1. The highest BCUT2D eigenvalue weighted by Gasteiger charge is 2.10. The van der Waals surface area contributed by atoms with E-state index < -0.39 is 0 Å². The van der Waals surface area contributed by atoms with Crippen LogP contribution in [0.5, 0.6) is 0 Å². The maximum atomic E-state index is 13.0. The molecule has 1 unspecified atom stereocenters. The van der Waals surface area contributed by atoms with Crippen molar-refractivity contribution < 1.29 is 4.39 Å². The van der Waals surface area contributed by atoms with Gasteiger partial charge < -0.3 is 5.32 Å². The Hall–Kier alpha value is -0.860. The Morgan fingerprint density at radius 3 is 2.88 bits per heavy atom. The molecule has 0 saturated heterocycles. The molecule has 1 atom stereocenters. The van der Waals surface area contributed by atoms with Crippen LogP contribution in [-0.2, 0) is 0 Å². The highest BCUT2D eigenvalue weighted by molar-refractivity contribution is 6.30. The number of rotatable bonds is 6. The first-order valence-corrected chi connectivity index (χ1v) is 5.80. The lowest BCUT2D eigenvalue weighted by Crippen LogP contribution is -2.16. The van der Waals surface area contributed by atoms with Crippen LogP contribution in [0.2, 0.25) is 5.02 Å². The minimum atomic E-state index is -0.369. The van der Waals surface area contributed by atoms with Crippen LogP contribution in [0.4, 0.5) is 4.39 Å². The zero-order chi connectivity index (χ0) is 12.0. The zero-order valence-corrected chi connectivity index (χ0v) is 10.2. The average Bonchev–Trinajstić information content (AvgIpc) is 2.29. The van der Waals surface area contributed by atoms with E-state index in [-0.39, 0.29) is 16.9 Å². The summed E-state index contributed by atoms with van der Waals surface area (Å²) in [7, 11) is 1.90. The van der Waals surface area contributed by atoms with Crippen LogP contribution in [0.15, 0.2) is 30.9 Å². The summed E-state index contributed by atoms with van der Waals surface area (Å²) in [5.41, 5.74) is 1.03. The average molecular weight is 242 g/mol. The molecule has 16 heavy (non-hydrogen) atoms. The first kappa shape index (κ1) is 13.2. The Balaban J connectivity index is 2.70. The fraction of sp³-hybridized carbons (Fsp3) is 0.385. The van der Waals surface area contributed by atoms with Gasteiger partial charge in [0.25, 0.3) is 0 Å². The third kappa shape index (κ3) is 3.62. The van der Waals surface area contributed by atoms with Gasteiger partial charge in [-0.05, 0) is 44.0 Å². The monoisotopic (exact) mass is 241 g/mol. The van der Waals surface area contributed by atoms with Gasteiger partial charge in [0, 0.05) is 6.04 Å². The topological polar surface area (TPSA) is 12.0 Å². The minimum absolute atomic E-state index is 0.182. The first-order chi connectivity index (χ1) is 7.69. The summed E-state index contributed by atoms with van der Waals surface area (Å²) >= 11 is 5.76. The van der Waals surface area contributed by atoms with Crippen molar-refractivity contribution in [2.75, 3.05) is 7.05 Å². The number of halogens is 2. The van der Waals surface area contributed by atoms with Crippen molar-refractivity contribution in [1.29, 1.82) is 0 Å². The van der Waals surface area contributed by atoms with Gasteiger partial charge in [0.15, 0.2) is 0 Å². The van der Waals surface area contributed by atoms with Crippen LogP contribution in [0, 0.1) is 5.82 Å². The van der Waals surface area contributed by atoms with Gasteiger partial charge in [-0.1, -0.05) is 23.7 Å². The van der Waals surface area contributed by atoms with Crippen molar-refractivity contribution in [3.63, 3.8) is 0 Å². The number of benzene rings is 1. The summed E-state index contributed by atoms with van der Waals surface area (Å²) < 4.78 is 13.0. The standard InChI is InChI=1S/C13H17ClFN/c1-3-4-5-6-13(16-2)10-7-8-12(15)11(14)9-10/h3,7-9,13,16H,1,4-6H2,2H3. The molecule has 0 aromatic heterocycles. The Bertz CT molecular complexity index is 352.